The van der Waals surface area contributed by atoms with Gasteiger partial charge < -0.3 is 20.4 Å². The van der Waals surface area contributed by atoms with E-state index < -0.39 is 0 Å². The topological polar surface area (TPSA) is 100 Å². The molecule has 0 bridgehead atoms. The van der Waals surface area contributed by atoms with Crippen molar-refractivity contribution in [3.8, 4) is 0 Å². The molecule has 0 saturated carbocycles. The Bertz CT molecular complexity index is 995. The van der Waals surface area contributed by atoms with Gasteiger partial charge >= 0.3 is 0 Å². The van der Waals surface area contributed by atoms with Crippen LogP contribution in [0.4, 0.5) is 5.69 Å². The minimum Gasteiger partial charge on any atom is -0.467 e. The standard InChI is InChI=1S/C22H21N3O4/c1-15(26)23-13-16-8-10-17(11-9-16)21(27)25-20-7-3-2-6-19(20)22(28)24-14-18-5-4-12-29-18/h2-12H,13-14H2,1H3,(H,23,26)(H,24,28)(H,25,27). The summed E-state index contributed by atoms with van der Waals surface area (Å²) in [7, 11) is 0. The molecule has 0 atom stereocenters. The van der Waals surface area contributed by atoms with Crippen LogP contribution in [0.15, 0.2) is 71.3 Å². The maximum absolute atomic E-state index is 12.6. The van der Waals surface area contributed by atoms with Crippen LogP contribution in [0.1, 0.15) is 39.0 Å². The van der Waals surface area contributed by atoms with Gasteiger partial charge in [0, 0.05) is 19.0 Å². The predicted molar refractivity (Wildman–Crippen MR) is 108 cm³/mol. The minimum atomic E-state index is -0.331. The zero-order valence-corrected chi connectivity index (χ0v) is 15.9. The Labute approximate surface area is 168 Å². The molecule has 148 valence electrons. The van der Waals surface area contributed by atoms with Gasteiger partial charge in [-0.15, -0.1) is 0 Å². The molecule has 0 aliphatic rings. The van der Waals surface area contributed by atoms with Crippen LogP contribution in [-0.2, 0) is 17.9 Å². The first kappa shape index (κ1) is 19.9. The molecule has 29 heavy (non-hydrogen) atoms. The van der Waals surface area contributed by atoms with Gasteiger partial charge in [0.1, 0.15) is 5.76 Å². The summed E-state index contributed by atoms with van der Waals surface area (Å²) < 4.78 is 5.20. The van der Waals surface area contributed by atoms with E-state index >= 15 is 0 Å². The molecular weight excluding hydrogens is 370 g/mol. The van der Waals surface area contributed by atoms with Crippen LogP contribution in [-0.4, -0.2) is 17.7 Å². The molecule has 3 N–H and O–H groups in total. The first-order chi connectivity index (χ1) is 14.0. The lowest BCUT2D eigenvalue weighted by Gasteiger charge is -2.11. The number of furan rings is 1. The number of nitrogens with one attached hydrogen (secondary N) is 3. The molecule has 3 amide bonds. The molecule has 0 saturated heterocycles. The van der Waals surface area contributed by atoms with Crippen LogP contribution in [0.3, 0.4) is 0 Å². The largest absolute Gasteiger partial charge is 0.467 e. The lowest BCUT2D eigenvalue weighted by molar-refractivity contribution is -0.119. The van der Waals surface area contributed by atoms with Crippen LogP contribution in [0, 0.1) is 0 Å². The fourth-order valence-corrected chi connectivity index (χ4v) is 2.66. The van der Waals surface area contributed by atoms with Gasteiger partial charge in [-0.05, 0) is 42.0 Å². The summed E-state index contributed by atoms with van der Waals surface area (Å²) in [5.74, 6) is -0.127. The Morgan fingerprint density at radius 3 is 2.28 bits per heavy atom. The Morgan fingerprint density at radius 2 is 1.59 bits per heavy atom. The summed E-state index contributed by atoms with van der Waals surface area (Å²) in [6, 6.07) is 17.2. The minimum absolute atomic E-state index is 0.117. The van der Waals surface area contributed by atoms with Crippen molar-refractivity contribution in [1.82, 2.24) is 10.6 Å². The van der Waals surface area contributed by atoms with Crippen LogP contribution in [0.5, 0.6) is 0 Å². The van der Waals surface area contributed by atoms with E-state index in [0.29, 0.717) is 29.1 Å². The summed E-state index contributed by atoms with van der Waals surface area (Å²) in [6.07, 6.45) is 1.54. The van der Waals surface area contributed by atoms with Crippen LogP contribution in [0.25, 0.3) is 0 Å². The van der Waals surface area contributed by atoms with Gasteiger partial charge in [-0.25, -0.2) is 0 Å². The number of anilines is 1. The predicted octanol–water partition coefficient (Wildman–Crippen LogP) is 3.10. The molecule has 0 aliphatic carbocycles. The molecule has 2 aromatic carbocycles. The van der Waals surface area contributed by atoms with E-state index in [-0.39, 0.29) is 24.3 Å². The van der Waals surface area contributed by atoms with Gasteiger partial charge in [0.05, 0.1) is 24.1 Å². The van der Waals surface area contributed by atoms with Gasteiger partial charge in [0.2, 0.25) is 5.91 Å². The maximum atomic E-state index is 12.6. The van der Waals surface area contributed by atoms with Crippen molar-refractivity contribution < 1.29 is 18.8 Å². The lowest BCUT2D eigenvalue weighted by atomic mass is 10.1. The van der Waals surface area contributed by atoms with E-state index in [2.05, 4.69) is 16.0 Å². The van der Waals surface area contributed by atoms with Gasteiger partial charge in [0.25, 0.3) is 11.8 Å². The van der Waals surface area contributed by atoms with Crippen molar-refractivity contribution in [2.24, 2.45) is 0 Å². The Balaban J connectivity index is 1.65. The number of hydrogen-bond acceptors (Lipinski definition) is 4. The summed E-state index contributed by atoms with van der Waals surface area (Å²) in [4.78, 5) is 36.1. The monoisotopic (exact) mass is 391 g/mol. The highest BCUT2D eigenvalue weighted by atomic mass is 16.3. The van der Waals surface area contributed by atoms with Crippen LogP contribution in [0.2, 0.25) is 0 Å². The Morgan fingerprint density at radius 1 is 0.828 bits per heavy atom. The van der Waals surface area contributed by atoms with Gasteiger partial charge in [-0.1, -0.05) is 24.3 Å². The molecule has 1 heterocycles. The van der Waals surface area contributed by atoms with E-state index in [1.54, 1.807) is 60.7 Å². The van der Waals surface area contributed by atoms with Crippen molar-refractivity contribution in [3.63, 3.8) is 0 Å². The fourth-order valence-electron chi connectivity index (χ4n) is 2.66. The number of amides is 3. The molecule has 3 aromatic rings. The Hall–Kier alpha value is -3.87. The smallest absolute Gasteiger partial charge is 0.255 e. The van der Waals surface area contributed by atoms with E-state index in [4.69, 9.17) is 4.42 Å². The molecular formula is C22H21N3O4. The first-order valence-corrected chi connectivity index (χ1v) is 9.07. The molecule has 3 rings (SSSR count). The van der Waals surface area contributed by atoms with E-state index in [9.17, 15) is 14.4 Å². The van der Waals surface area contributed by atoms with Crippen LogP contribution >= 0.6 is 0 Å². The average Bonchev–Trinajstić information content (AvgIpc) is 3.25. The highest BCUT2D eigenvalue weighted by Gasteiger charge is 2.14. The van der Waals surface area contributed by atoms with Crippen molar-refractivity contribution in [2.45, 2.75) is 20.0 Å². The highest BCUT2D eigenvalue weighted by Crippen LogP contribution is 2.17. The first-order valence-electron chi connectivity index (χ1n) is 9.07. The second-order valence-electron chi connectivity index (χ2n) is 6.37. The molecule has 1 aromatic heterocycles. The average molecular weight is 391 g/mol. The van der Waals surface area contributed by atoms with Gasteiger partial charge in [-0.2, -0.15) is 0 Å². The number of para-hydroxylation sites is 1. The van der Waals surface area contributed by atoms with Crippen molar-refractivity contribution >= 4 is 23.4 Å². The molecule has 0 radical (unpaired) electrons. The van der Waals surface area contributed by atoms with E-state index in [1.807, 2.05) is 0 Å². The van der Waals surface area contributed by atoms with Crippen molar-refractivity contribution in [3.05, 3.63) is 89.4 Å². The number of carbonyl (C=O) groups is 3. The van der Waals surface area contributed by atoms with Gasteiger partial charge in [-0.3, -0.25) is 14.4 Å². The fraction of sp³-hybridized carbons (Fsp3) is 0.136. The zero-order chi connectivity index (χ0) is 20.6. The third-order valence-corrected chi connectivity index (χ3v) is 4.18. The SMILES string of the molecule is CC(=O)NCc1ccc(C(=O)Nc2ccccc2C(=O)NCc2ccco2)cc1. The molecule has 7 nitrogen and oxygen atoms in total. The van der Waals surface area contributed by atoms with Crippen molar-refractivity contribution in [2.75, 3.05) is 5.32 Å². The third kappa shape index (κ3) is 5.55. The summed E-state index contributed by atoms with van der Waals surface area (Å²) >= 11 is 0. The number of carbonyl (C=O) groups excluding carboxylic acids is 3. The van der Waals surface area contributed by atoms with Gasteiger partial charge in [0.15, 0.2) is 0 Å². The summed E-state index contributed by atoms with van der Waals surface area (Å²) in [5, 5.41) is 8.25. The molecule has 0 fully saturated rings. The quantitative estimate of drug-likeness (QED) is 0.576. The third-order valence-electron chi connectivity index (χ3n) is 4.18. The lowest BCUT2D eigenvalue weighted by Crippen LogP contribution is -2.24. The number of benzene rings is 2. The normalized spacial score (nSPS) is 10.2. The van der Waals surface area contributed by atoms with E-state index in [1.165, 1.54) is 13.2 Å². The second kappa shape index (κ2) is 9.36. The second-order valence-corrected chi connectivity index (χ2v) is 6.37. The maximum Gasteiger partial charge on any atom is 0.255 e. The highest BCUT2D eigenvalue weighted by molar-refractivity contribution is 6.09. The summed E-state index contributed by atoms with van der Waals surface area (Å²) in [5.41, 5.74) is 2.10. The molecule has 0 aliphatic heterocycles. The Kier molecular flexibility index (Phi) is 6.42. The number of hydrogen-bond donors (Lipinski definition) is 3. The summed E-state index contributed by atoms with van der Waals surface area (Å²) in [6.45, 7) is 2.10. The van der Waals surface area contributed by atoms with Crippen LogP contribution < -0.4 is 16.0 Å². The molecule has 0 spiro atoms. The number of rotatable bonds is 7. The zero-order valence-electron chi connectivity index (χ0n) is 15.9. The van der Waals surface area contributed by atoms with E-state index in [0.717, 1.165) is 5.56 Å². The molecule has 7 heteroatoms. The molecule has 0 unspecified atom stereocenters. The van der Waals surface area contributed by atoms with Crippen molar-refractivity contribution in [1.29, 1.82) is 0 Å².